The van der Waals surface area contributed by atoms with E-state index in [0.717, 1.165) is 15.3 Å². The Labute approximate surface area is 125 Å². The summed E-state index contributed by atoms with van der Waals surface area (Å²) in [6, 6.07) is 7.22. The molecule has 0 spiro atoms. The first-order valence-electron chi connectivity index (χ1n) is 5.85. The fourth-order valence-corrected chi connectivity index (χ4v) is 2.03. The zero-order chi connectivity index (χ0) is 13.8. The molecule has 2 aromatic heterocycles. The van der Waals surface area contributed by atoms with Gasteiger partial charge in [0, 0.05) is 6.08 Å². The van der Waals surface area contributed by atoms with Crippen molar-refractivity contribution in [1.82, 2.24) is 5.32 Å². The monoisotopic (exact) mass is 371 g/mol. The van der Waals surface area contributed by atoms with Crippen molar-refractivity contribution in [1.29, 1.82) is 0 Å². The van der Waals surface area contributed by atoms with Gasteiger partial charge in [-0.1, -0.05) is 0 Å². The van der Waals surface area contributed by atoms with Crippen molar-refractivity contribution in [3.05, 3.63) is 51.4 Å². The average Bonchev–Trinajstić information content (AvgIpc) is 2.95. The van der Waals surface area contributed by atoms with Crippen LogP contribution in [0.25, 0.3) is 6.08 Å². The van der Waals surface area contributed by atoms with Crippen molar-refractivity contribution in [2.45, 2.75) is 19.9 Å². The Morgan fingerprint density at radius 2 is 2.11 bits per heavy atom. The van der Waals surface area contributed by atoms with Crippen LogP contribution in [-0.2, 0) is 4.79 Å². The van der Waals surface area contributed by atoms with E-state index in [9.17, 15) is 4.79 Å². The second kappa shape index (κ2) is 6.10. The number of carbonyl (C=O) groups is 1. The number of nitrogens with one attached hydrogen (secondary N) is 1. The number of aryl methyl sites for hydroxylation is 1. The van der Waals surface area contributed by atoms with Crippen molar-refractivity contribution in [3.8, 4) is 0 Å². The summed E-state index contributed by atoms with van der Waals surface area (Å²) in [7, 11) is 0. The maximum atomic E-state index is 11.7. The molecule has 0 aliphatic rings. The fraction of sp³-hybridized carbons (Fsp3) is 0.214. The van der Waals surface area contributed by atoms with Gasteiger partial charge in [-0.3, -0.25) is 4.79 Å². The second-order valence-electron chi connectivity index (χ2n) is 4.15. The van der Waals surface area contributed by atoms with E-state index in [2.05, 4.69) is 27.9 Å². The van der Waals surface area contributed by atoms with Crippen LogP contribution in [0.4, 0.5) is 0 Å². The summed E-state index contributed by atoms with van der Waals surface area (Å²) in [6.45, 7) is 3.75. The molecule has 0 aliphatic carbocycles. The van der Waals surface area contributed by atoms with Crippen LogP contribution in [0.15, 0.2) is 39.2 Å². The number of amides is 1. The van der Waals surface area contributed by atoms with Gasteiger partial charge in [-0.25, -0.2) is 0 Å². The van der Waals surface area contributed by atoms with E-state index in [-0.39, 0.29) is 11.9 Å². The van der Waals surface area contributed by atoms with E-state index in [1.807, 2.05) is 38.1 Å². The molecular formula is C14H14INO3. The third-order valence-corrected chi connectivity index (χ3v) is 3.12. The number of hydrogen-bond donors (Lipinski definition) is 1. The Morgan fingerprint density at radius 1 is 1.32 bits per heavy atom. The van der Waals surface area contributed by atoms with Gasteiger partial charge in [-0.2, -0.15) is 0 Å². The summed E-state index contributed by atoms with van der Waals surface area (Å²) < 4.78 is 11.6. The van der Waals surface area contributed by atoms with Gasteiger partial charge in [0.05, 0.1) is 6.04 Å². The molecule has 0 bridgehead atoms. The number of rotatable bonds is 4. The van der Waals surface area contributed by atoms with Crippen LogP contribution in [0.5, 0.6) is 0 Å². The predicted molar refractivity (Wildman–Crippen MR) is 80.5 cm³/mol. The maximum absolute atomic E-state index is 11.7. The molecule has 100 valence electrons. The summed E-state index contributed by atoms with van der Waals surface area (Å²) in [5.74, 6) is 2.04. The molecule has 4 nitrogen and oxygen atoms in total. The van der Waals surface area contributed by atoms with Gasteiger partial charge >= 0.3 is 0 Å². The van der Waals surface area contributed by atoms with E-state index >= 15 is 0 Å². The topological polar surface area (TPSA) is 55.4 Å². The van der Waals surface area contributed by atoms with Gasteiger partial charge in [0.2, 0.25) is 5.91 Å². The average molecular weight is 371 g/mol. The molecule has 5 heteroatoms. The number of hydrogen-bond acceptors (Lipinski definition) is 3. The van der Waals surface area contributed by atoms with Crippen LogP contribution < -0.4 is 5.32 Å². The van der Waals surface area contributed by atoms with Crippen molar-refractivity contribution >= 4 is 34.6 Å². The molecule has 1 amide bonds. The summed E-state index contributed by atoms with van der Waals surface area (Å²) >= 11 is 2.07. The molecule has 2 heterocycles. The minimum Gasteiger partial charge on any atom is -0.464 e. The van der Waals surface area contributed by atoms with Crippen LogP contribution in [0.2, 0.25) is 0 Å². The summed E-state index contributed by atoms with van der Waals surface area (Å²) in [4.78, 5) is 11.7. The van der Waals surface area contributed by atoms with Crippen LogP contribution in [-0.4, -0.2) is 5.91 Å². The highest BCUT2D eigenvalue weighted by Gasteiger charge is 2.10. The zero-order valence-corrected chi connectivity index (χ0v) is 12.8. The lowest BCUT2D eigenvalue weighted by Gasteiger charge is -2.09. The summed E-state index contributed by atoms with van der Waals surface area (Å²) in [5, 5.41) is 2.82. The van der Waals surface area contributed by atoms with Crippen molar-refractivity contribution < 1.29 is 13.6 Å². The SMILES string of the molecule is Cc1ccc(C(C)NC(=O)C=Cc2ccc(I)o2)o1. The molecule has 0 aromatic carbocycles. The van der Waals surface area contributed by atoms with Crippen LogP contribution in [0.3, 0.4) is 0 Å². The molecule has 1 atom stereocenters. The Kier molecular flexibility index (Phi) is 4.47. The van der Waals surface area contributed by atoms with Crippen molar-refractivity contribution in [2.24, 2.45) is 0 Å². The Balaban J connectivity index is 1.92. The van der Waals surface area contributed by atoms with Crippen LogP contribution >= 0.6 is 22.6 Å². The number of halogens is 1. The first kappa shape index (κ1) is 13.9. The lowest BCUT2D eigenvalue weighted by molar-refractivity contribution is -0.117. The van der Waals surface area contributed by atoms with E-state index in [1.165, 1.54) is 6.08 Å². The molecule has 0 saturated heterocycles. The Bertz CT molecular complexity index is 597. The van der Waals surface area contributed by atoms with E-state index in [0.29, 0.717) is 5.76 Å². The minimum absolute atomic E-state index is 0.164. The lowest BCUT2D eigenvalue weighted by Crippen LogP contribution is -2.24. The number of furan rings is 2. The van der Waals surface area contributed by atoms with E-state index < -0.39 is 0 Å². The molecule has 19 heavy (non-hydrogen) atoms. The molecule has 1 N–H and O–H groups in total. The van der Waals surface area contributed by atoms with Crippen molar-refractivity contribution in [2.75, 3.05) is 0 Å². The third-order valence-electron chi connectivity index (χ3n) is 2.54. The largest absolute Gasteiger partial charge is 0.464 e. The molecule has 0 saturated carbocycles. The molecule has 0 fully saturated rings. The normalized spacial score (nSPS) is 12.8. The third kappa shape index (κ3) is 3.99. The van der Waals surface area contributed by atoms with Gasteiger partial charge in [-0.15, -0.1) is 0 Å². The standard InChI is InChI=1S/C14H14INO3/c1-9-3-6-12(18-9)10(2)16-14(17)8-5-11-4-7-13(15)19-11/h3-8,10H,1-2H3,(H,16,17). The highest BCUT2D eigenvalue weighted by Crippen LogP contribution is 2.15. The van der Waals surface area contributed by atoms with Gasteiger partial charge in [0.15, 0.2) is 3.77 Å². The fourth-order valence-electron chi connectivity index (χ4n) is 1.59. The molecule has 2 aromatic rings. The van der Waals surface area contributed by atoms with Gasteiger partial charge in [0.25, 0.3) is 0 Å². The van der Waals surface area contributed by atoms with Gasteiger partial charge in [0.1, 0.15) is 17.3 Å². The van der Waals surface area contributed by atoms with Gasteiger partial charge < -0.3 is 14.2 Å². The zero-order valence-electron chi connectivity index (χ0n) is 10.6. The Hall–Kier alpha value is -1.50. The van der Waals surface area contributed by atoms with E-state index in [1.54, 1.807) is 6.08 Å². The summed E-state index contributed by atoms with van der Waals surface area (Å²) in [6.07, 6.45) is 3.08. The molecule has 1 unspecified atom stereocenters. The highest BCUT2D eigenvalue weighted by atomic mass is 127. The Morgan fingerprint density at radius 3 is 2.68 bits per heavy atom. The van der Waals surface area contributed by atoms with Crippen LogP contribution in [0.1, 0.15) is 30.2 Å². The van der Waals surface area contributed by atoms with Crippen molar-refractivity contribution in [3.63, 3.8) is 0 Å². The summed E-state index contributed by atoms with van der Waals surface area (Å²) in [5.41, 5.74) is 0. The molecule has 2 rings (SSSR count). The molecule has 0 aliphatic heterocycles. The smallest absolute Gasteiger partial charge is 0.244 e. The quantitative estimate of drug-likeness (QED) is 0.659. The predicted octanol–water partition coefficient (Wildman–Crippen LogP) is 3.68. The molecule has 0 radical (unpaired) electrons. The number of carbonyl (C=O) groups excluding carboxylic acids is 1. The minimum atomic E-state index is -0.187. The van der Waals surface area contributed by atoms with Gasteiger partial charge in [-0.05, 0) is 66.8 Å². The lowest BCUT2D eigenvalue weighted by atomic mass is 10.2. The molecular weight excluding hydrogens is 357 g/mol. The van der Waals surface area contributed by atoms with E-state index in [4.69, 9.17) is 8.83 Å². The highest BCUT2D eigenvalue weighted by molar-refractivity contribution is 14.1. The van der Waals surface area contributed by atoms with Crippen LogP contribution in [0, 0.1) is 10.7 Å². The second-order valence-corrected chi connectivity index (χ2v) is 5.22. The first-order chi connectivity index (χ1) is 9.04. The first-order valence-corrected chi connectivity index (χ1v) is 6.93. The maximum Gasteiger partial charge on any atom is 0.244 e.